The quantitative estimate of drug-likeness (QED) is 0.720. The van der Waals surface area contributed by atoms with Gasteiger partial charge in [-0.3, -0.25) is 9.59 Å². The highest BCUT2D eigenvalue weighted by Gasteiger charge is 2.23. The number of halogens is 1. The Bertz CT molecular complexity index is 1020. The highest BCUT2D eigenvalue weighted by atomic mass is 35.5. The smallest absolute Gasteiger partial charge is 0.250 e. The molecule has 0 atom stereocenters. The number of hydrogen-bond donors (Lipinski definition) is 1. The Hall–Kier alpha value is -2.39. The molecule has 0 fully saturated rings. The second-order valence-electron chi connectivity index (χ2n) is 6.54. The summed E-state index contributed by atoms with van der Waals surface area (Å²) >= 11 is 6.16. The van der Waals surface area contributed by atoms with Crippen molar-refractivity contribution in [2.24, 2.45) is 0 Å². The summed E-state index contributed by atoms with van der Waals surface area (Å²) in [7, 11) is 0. The fourth-order valence-corrected chi connectivity index (χ4v) is 3.75. The molecule has 1 aliphatic carbocycles. The Morgan fingerprint density at radius 3 is 2.48 bits per heavy atom. The minimum atomic E-state index is -0.445. The summed E-state index contributed by atoms with van der Waals surface area (Å²) in [4.78, 5) is 24.2. The van der Waals surface area contributed by atoms with Gasteiger partial charge in [0.15, 0.2) is 0 Å². The molecule has 0 saturated carbocycles. The summed E-state index contributed by atoms with van der Waals surface area (Å²) in [6.45, 7) is 0.419. The highest BCUT2D eigenvalue weighted by Crippen LogP contribution is 2.30. The molecule has 4 rings (SSSR count). The molecular weight excluding hydrogens is 334 g/mol. The number of nitrogens with one attached hydrogen (secondary N) is 1. The van der Waals surface area contributed by atoms with Gasteiger partial charge in [0.1, 0.15) is 0 Å². The summed E-state index contributed by atoms with van der Waals surface area (Å²) in [5.41, 5.74) is 4.46. The number of hydrogen-bond acceptors (Lipinski definition) is 3. The first-order chi connectivity index (χ1) is 12.1. The summed E-state index contributed by atoms with van der Waals surface area (Å²) in [6, 6.07) is 13.6. The first-order valence-electron chi connectivity index (χ1n) is 8.58. The molecule has 4 heteroatoms. The lowest BCUT2D eigenvalue weighted by atomic mass is 9.88. The zero-order valence-electron chi connectivity index (χ0n) is 13.8. The average Bonchev–Trinajstić information content (AvgIpc) is 2.65. The van der Waals surface area contributed by atoms with Gasteiger partial charge in [-0.1, -0.05) is 48.0 Å². The van der Waals surface area contributed by atoms with E-state index in [1.807, 2.05) is 30.3 Å². The summed E-state index contributed by atoms with van der Waals surface area (Å²) in [5, 5.41) is 3.75. The van der Waals surface area contributed by atoms with E-state index < -0.39 is 10.9 Å². The van der Waals surface area contributed by atoms with E-state index in [-0.39, 0.29) is 0 Å². The minimum Gasteiger partial charge on any atom is -0.377 e. The average molecular weight is 352 g/mol. The van der Waals surface area contributed by atoms with Crippen LogP contribution in [0.1, 0.15) is 29.5 Å². The van der Waals surface area contributed by atoms with Crippen molar-refractivity contribution in [1.82, 2.24) is 0 Å². The van der Waals surface area contributed by atoms with Crippen LogP contribution in [0, 0.1) is 0 Å². The molecule has 0 amide bonds. The van der Waals surface area contributed by atoms with Crippen LogP contribution in [-0.4, -0.2) is 0 Å². The molecule has 0 saturated heterocycles. The van der Waals surface area contributed by atoms with Crippen molar-refractivity contribution in [3.8, 4) is 11.1 Å². The summed E-state index contributed by atoms with van der Waals surface area (Å²) in [6.07, 6.45) is 4.54. The van der Waals surface area contributed by atoms with Gasteiger partial charge in [0.2, 0.25) is 10.9 Å². The normalized spacial score (nSPS) is 13.6. The molecule has 0 heterocycles. The number of rotatable bonds is 4. The first kappa shape index (κ1) is 16.1. The van der Waals surface area contributed by atoms with Gasteiger partial charge in [-0.05, 0) is 54.0 Å². The third-order valence-corrected chi connectivity index (χ3v) is 5.33. The predicted molar refractivity (Wildman–Crippen MR) is 102 cm³/mol. The number of fused-ring (bicyclic) bond motifs is 1. The van der Waals surface area contributed by atoms with Gasteiger partial charge >= 0.3 is 0 Å². The number of aryl methyl sites for hydroxylation is 2. The van der Waals surface area contributed by atoms with E-state index in [0.29, 0.717) is 22.8 Å². The van der Waals surface area contributed by atoms with Gasteiger partial charge in [-0.2, -0.15) is 0 Å². The van der Waals surface area contributed by atoms with Crippen LogP contribution in [0.2, 0.25) is 5.02 Å². The van der Waals surface area contributed by atoms with Gasteiger partial charge in [0.05, 0.1) is 11.3 Å². The number of benzene rings is 2. The van der Waals surface area contributed by atoms with Gasteiger partial charge in [0, 0.05) is 11.6 Å². The summed E-state index contributed by atoms with van der Waals surface area (Å²) in [5.74, 6) is 0. The molecule has 1 aliphatic rings. The van der Waals surface area contributed by atoms with E-state index in [0.717, 1.165) is 24.0 Å². The van der Waals surface area contributed by atoms with Crippen LogP contribution < -0.4 is 16.2 Å². The molecule has 3 aromatic carbocycles. The van der Waals surface area contributed by atoms with Gasteiger partial charge in [-0.15, -0.1) is 0 Å². The molecule has 126 valence electrons. The molecule has 0 spiro atoms. The van der Waals surface area contributed by atoms with Crippen molar-refractivity contribution in [1.29, 1.82) is 0 Å². The van der Waals surface area contributed by atoms with Gasteiger partial charge in [-0.25, -0.2) is 0 Å². The topological polar surface area (TPSA) is 46.2 Å². The molecule has 0 bridgehead atoms. The third kappa shape index (κ3) is 2.89. The van der Waals surface area contributed by atoms with Crippen LogP contribution in [0.3, 0.4) is 0 Å². The van der Waals surface area contributed by atoms with Crippen LogP contribution in [0.5, 0.6) is 0 Å². The molecule has 3 nitrogen and oxygen atoms in total. The van der Waals surface area contributed by atoms with Crippen molar-refractivity contribution >= 4 is 17.3 Å². The largest absolute Gasteiger partial charge is 0.377 e. The predicted octanol–water partition coefficient (Wildman–Crippen LogP) is 4.09. The zero-order chi connectivity index (χ0) is 17.4. The van der Waals surface area contributed by atoms with E-state index >= 15 is 0 Å². The standard InChI is InChI=1S/C21H18ClNO2/c22-17-8-4-3-7-16(17)12-23-19-18(20(24)21(19)25)15-10-9-13-5-1-2-6-14(13)11-15/h3-4,7-11,23H,1-2,5-6,12H2. The monoisotopic (exact) mass is 351 g/mol. The Morgan fingerprint density at radius 2 is 1.68 bits per heavy atom. The molecule has 0 unspecified atom stereocenters. The molecule has 1 N–H and O–H groups in total. The SMILES string of the molecule is O=c1c(NCc2ccccc2Cl)c(-c2ccc3c(c2)CCCC3)c1=O. The fraction of sp³-hybridized carbons (Fsp3) is 0.238. The van der Waals surface area contributed by atoms with Crippen molar-refractivity contribution in [2.75, 3.05) is 5.32 Å². The van der Waals surface area contributed by atoms with E-state index in [1.165, 1.54) is 24.0 Å². The molecule has 25 heavy (non-hydrogen) atoms. The zero-order valence-corrected chi connectivity index (χ0v) is 14.5. The van der Waals surface area contributed by atoms with Crippen molar-refractivity contribution in [3.05, 3.63) is 84.6 Å². The second-order valence-corrected chi connectivity index (χ2v) is 6.95. The fourth-order valence-electron chi connectivity index (χ4n) is 3.55. The van der Waals surface area contributed by atoms with Crippen molar-refractivity contribution in [2.45, 2.75) is 32.2 Å². The lowest BCUT2D eigenvalue weighted by Gasteiger charge is -2.18. The summed E-state index contributed by atoms with van der Waals surface area (Å²) < 4.78 is 0. The van der Waals surface area contributed by atoms with Gasteiger partial charge in [0.25, 0.3) is 0 Å². The third-order valence-electron chi connectivity index (χ3n) is 4.96. The Labute approximate surface area is 151 Å². The van der Waals surface area contributed by atoms with E-state index in [9.17, 15) is 9.59 Å². The Balaban J connectivity index is 1.64. The number of anilines is 1. The molecule has 0 aromatic heterocycles. The van der Waals surface area contributed by atoms with Crippen LogP contribution in [-0.2, 0) is 19.4 Å². The Kier molecular flexibility index (Phi) is 4.18. The van der Waals surface area contributed by atoms with E-state index in [2.05, 4.69) is 17.4 Å². The highest BCUT2D eigenvalue weighted by molar-refractivity contribution is 6.31. The van der Waals surface area contributed by atoms with Crippen LogP contribution in [0.25, 0.3) is 11.1 Å². The van der Waals surface area contributed by atoms with E-state index in [1.54, 1.807) is 0 Å². The van der Waals surface area contributed by atoms with Crippen LogP contribution in [0.15, 0.2) is 52.1 Å². The van der Waals surface area contributed by atoms with Crippen molar-refractivity contribution < 1.29 is 0 Å². The van der Waals surface area contributed by atoms with E-state index in [4.69, 9.17) is 11.6 Å². The molecular formula is C21H18ClNO2. The second kappa shape index (κ2) is 6.49. The van der Waals surface area contributed by atoms with Crippen molar-refractivity contribution in [3.63, 3.8) is 0 Å². The molecule has 0 radical (unpaired) electrons. The maximum absolute atomic E-state index is 12.1. The minimum absolute atomic E-state index is 0.403. The molecule has 0 aliphatic heterocycles. The molecule has 3 aromatic rings. The van der Waals surface area contributed by atoms with Crippen LogP contribution >= 0.6 is 11.6 Å². The Morgan fingerprint density at radius 1 is 0.920 bits per heavy atom. The lowest BCUT2D eigenvalue weighted by Crippen LogP contribution is -2.36. The first-order valence-corrected chi connectivity index (χ1v) is 8.95. The van der Waals surface area contributed by atoms with Gasteiger partial charge < -0.3 is 5.32 Å². The maximum Gasteiger partial charge on any atom is 0.250 e. The maximum atomic E-state index is 12.1. The van der Waals surface area contributed by atoms with Crippen LogP contribution in [0.4, 0.5) is 5.69 Å². The lowest BCUT2D eigenvalue weighted by molar-refractivity contribution is 0.686.